The van der Waals surface area contributed by atoms with Crippen molar-refractivity contribution >= 4 is 26.8 Å². The molecule has 1 aliphatic heterocycles. The molecule has 1 heterocycles. The van der Waals surface area contributed by atoms with Crippen molar-refractivity contribution < 1.29 is 22.2 Å². The Bertz CT molecular complexity index is 465. The van der Waals surface area contributed by atoms with E-state index in [1.165, 1.54) is 11.4 Å². The van der Waals surface area contributed by atoms with Gasteiger partial charge in [0.15, 0.2) is 0 Å². The lowest BCUT2D eigenvalue weighted by atomic mass is 10.1. The second-order valence-corrected chi connectivity index (χ2v) is 8.74. The average molecular weight is 309 g/mol. The number of carbonyl (C=O) groups is 1. The molecule has 0 aromatic rings. The van der Waals surface area contributed by atoms with Crippen LogP contribution in [0.5, 0.6) is 0 Å². The van der Waals surface area contributed by atoms with Crippen molar-refractivity contribution in [1.82, 2.24) is 4.31 Å². The lowest BCUT2D eigenvalue weighted by Crippen LogP contribution is -2.47. The van der Waals surface area contributed by atoms with E-state index in [2.05, 4.69) is 0 Å². The zero-order valence-corrected chi connectivity index (χ0v) is 12.5. The summed E-state index contributed by atoms with van der Waals surface area (Å²) in [5.74, 6) is -0.224. The lowest BCUT2D eigenvalue weighted by Gasteiger charge is -2.30. The van der Waals surface area contributed by atoms with Crippen LogP contribution in [-0.4, -0.2) is 59.9 Å². The maximum absolute atomic E-state index is 12.5. The van der Waals surface area contributed by atoms with Crippen LogP contribution in [0, 0.1) is 5.92 Å². The van der Waals surface area contributed by atoms with Crippen molar-refractivity contribution in [2.24, 2.45) is 5.92 Å². The highest BCUT2D eigenvalue weighted by atomic mass is 32.2. The number of esters is 1. The van der Waals surface area contributed by atoms with Gasteiger partial charge in [-0.25, -0.2) is 8.42 Å². The molecular formula is C11H19NO5S2. The van der Waals surface area contributed by atoms with E-state index in [-0.39, 0.29) is 0 Å². The number of carbonyl (C=O) groups excluding carboxylic acids is 1. The van der Waals surface area contributed by atoms with Crippen LogP contribution in [0.25, 0.3) is 0 Å². The minimum atomic E-state index is -3.49. The molecule has 110 valence electrons. The quantitative estimate of drug-likeness (QED) is 0.670. The molecule has 1 saturated heterocycles. The Morgan fingerprint density at radius 1 is 1.26 bits per heavy atom. The molecule has 2 fully saturated rings. The van der Waals surface area contributed by atoms with Crippen LogP contribution in [0.2, 0.25) is 0 Å². The highest BCUT2D eigenvalue weighted by molar-refractivity contribution is 7.90. The van der Waals surface area contributed by atoms with E-state index in [9.17, 15) is 17.4 Å². The third-order valence-corrected chi connectivity index (χ3v) is 7.53. The van der Waals surface area contributed by atoms with Gasteiger partial charge in [-0.05, 0) is 12.8 Å². The molecule has 0 aromatic heterocycles. The van der Waals surface area contributed by atoms with Gasteiger partial charge in [-0.3, -0.25) is 9.00 Å². The van der Waals surface area contributed by atoms with Gasteiger partial charge in [0.25, 0.3) is 0 Å². The fraction of sp³-hybridized carbons (Fsp3) is 0.909. The van der Waals surface area contributed by atoms with Crippen LogP contribution >= 0.6 is 0 Å². The topological polar surface area (TPSA) is 80.8 Å². The molecule has 8 heteroatoms. The number of rotatable bonds is 3. The van der Waals surface area contributed by atoms with Crippen molar-refractivity contribution in [2.45, 2.75) is 24.5 Å². The molecule has 2 atom stereocenters. The van der Waals surface area contributed by atoms with Crippen LogP contribution in [0.4, 0.5) is 0 Å². The molecule has 2 rings (SSSR count). The molecule has 0 aromatic carbocycles. The Balaban J connectivity index is 2.14. The molecule has 0 N–H and O–H groups in total. The minimum Gasteiger partial charge on any atom is -0.469 e. The summed E-state index contributed by atoms with van der Waals surface area (Å²) in [6.07, 6.45) is 1.79. The maximum Gasteiger partial charge on any atom is 0.310 e. The summed E-state index contributed by atoms with van der Waals surface area (Å²) >= 11 is 0. The Hall–Kier alpha value is -0.470. The van der Waals surface area contributed by atoms with E-state index in [1.807, 2.05) is 0 Å². The second kappa shape index (κ2) is 5.88. The van der Waals surface area contributed by atoms with Crippen LogP contribution in [0.1, 0.15) is 19.3 Å². The van der Waals surface area contributed by atoms with Crippen LogP contribution in [0.15, 0.2) is 0 Å². The molecule has 0 bridgehead atoms. The third-order valence-electron chi connectivity index (χ3n) is 3.84. The Morgan fingerprint density at radius 2 is 1.89 bits per heavy atom. The van der Waals surface area contributed by atoms with Gasteiger partial charge < -0.3 is 4.74 Å². The fourth-order valence-corrected chi connectivity index (χ4v) is 6.26. The van der Waals surface area contributed by atoms with Gasteiger partial charge in [-0.2, -0.15) is 4.31 Å². The largest absolute Gasteiger partial charge is 0.469 e. The number of hydrogen-bond donors (Lipinski definition) is 0. The highest BCUT2D eigenvalue weighted by Crippen LogP contribution is 2.34. The second-order valence-electron chi connectivity index (χ2n) is 4.89. The first-order valence-corrected chi connectivity index (χ1v) is 9.37. The van der Waals surface area contributed by atoms with E-state index in [1.54, 1.807) is 0 Å². The summed E-state index contributed by atoms with van der Waals surface area (Å²) in [5.41, 5.74) is 0. The number of methoxy groups -OCH3 is 1. The smallest absolute Gasteiger partial charge is 0.310 e. The molecule has 0 amide bonds. The van der Waals surface area contributed by atoms with Gasteiger partial charge in [0.2, 0.25) is 10.0 Å². The predicted octanol–water partition coefficient (Wildman–Crippen LogP) is -0.278. The van der Waals surface area contributed by atoms with E-state index in [0.717, 1.165) is 6.42 Å². The standard InChI is InChI=1S/C11H19NO5S2/c1-17-11(13)9-3-2-4-10(9)19(15,16)12-5-7-18(14)8-6-12/h9-10H,2-8H2,1H3. The predicted molar refractivity (Wildman–Crippen MR) is 71.5 cm³/mol. The summed E-state index contributed by atoms with van der Waals surface area (Å²) in [7, 11) is -3.12. The maximum atomic E-state index is 12.5. The Kier molecular flexibility index (Phi) is 4.62. The van der Waals surface area contributed by atoms with Gasteiger partial charge in [-0.15, -0.1) is 0 Å². The minimum absolute atomic E-state index is 0.291. The molecule has 0 radical (unpaired) electrons. The van der Waals surface area contributed by atoms with Crippen LogP contribution < -0.4 is 0 Å². The van der Waals surface area contributed by atoms with Gasteiger partial charge in [0, 0.05) is 35.4 Å². The first-order chi connectivity index (χ1) is 8.96. The monoisotopic (exact) mass is 309 g/mol. The molecule has 2 unspecified atom stereocenters. The van der Waals surface area contributed by atoms with E-state index in [0.29, 0.717) is 37.4 Å². The normalized spacial score (nSPS) is 30.4. The van der Waals surface area contributed by atoms with E-state index < -0.39 is 38.0 Å². The summed E-state index contributed by atoms with van der Waals surface area (Å²) < 4.78 is 42.5. The molecule has 6 nitrogen and oxygen atoms in total. The third kappa shape index (κ3) is 3.00. The number of ether oxygens (including phenoxy) is 1. The van der Waals surface area contributed by atoms with Crippen LogP contribution in [-0.2, 0) is 30.4 Å². The average Bonchev–Trinajstić information content (AvgIpc) is 2.88. The van der Waals surface area contributed by atoms with Gasteiger partial charge in [0.1, 0.15) is 0 Å². The molecule has 2 aliphatic rings. The molecule has 19 heavy (non-hydrogen) atoms. The summed E-state index contributed by atoms with van der Waals surface area (Å²) in [5, 5.41) is -0.675. The van der Waals surface area contributed by atoms with Crippen molar-refractivity contribution in [2.75, 3.05) is 31.7 Å². The number of sulfonamides is 1. The van der Waals surface area contributed by atoms with E-state index in [4.69, 9.17) is 4.74 Å². The fourth-order valence-electron chi connectivity index (χ4n) is 2.77. The molecule has 0 spiro atoms. The van der Waals surface area contributed by atoms with Crippen molar-refractivity contribution in [1.29, 1.82) is 0 Å². The summed E-state index contributed by atoms with van der Waals surface area (Å²) in [4.78, 5) is 11.7. The zero-order valence-electron chi connectivity index (χ0n) is 10.9. The van der Waals surface area contributed by atoms with Gasteiger partial charge in [-0.1, -0.05) is 6.42 Å². The molecule has 1 aliphatic carbocycles. The number of nitrogens with zero attached hydrogens (tertiary/aromatic N) is 1. The van der Waals surface area contributed by atoms with E-state index >= 15 is 0 Å². The Morgan fingerprint density at radius 3 is 2.47 bits per heavy atom. The van der Waals surface area contributed by atoms with Crippen molar-refractivity contribution in [3.05, 3.63) is 0 Å². The van der Waals surface area contributed by atoms with Crippen molar-refractivity contribution in [3.63, 3.8) is 0 Å². The van der Waals surface area contributed by atoms with Crippen LogP contribution in [0.3, 0.4) is 0 Å². The van der Waals surface area contributed by atoms with Gasteiger partial charge in [0.05, 0.1) is 18.3 Å². The molecular weight excluding hydrogens is 290 g/mol. The molecule has 1 saturated carbocycles. The van der Waals surface area contributed by atoms with Crippen molar-refractivity contribution in [3.8, 4) is 0 Å². The number of hydrogen-bond acceptors (Lipinski definition) is 5. The first-order valence-electron chi connectivity index (χ1n) is 6.38. The summed E-state index contributed by atoms with van der Waals surface area (Å²) in [6, 6.07) is 0. The summed E-state index contributed by atoms with van der Waals surface area (Å²) in [6.45, 7) is 0.582. The zero-order chi connectivity index (χ0) is 14.0. The Labute approximate surface area is 116 Å². The van der Waals surface area contributed by atoms with Gasteiger partial charge >= 0.3 is 5.97 Å². The lowest BCUT2D eigenvalue weighted by molar-refractivity contribution is -0.145. The first kappa shape index (κ1) is 14.9. The SMILES string of the molecule is COC(=O)C1CCCC1S(=O)(=O)N1CCS(=O)CC1. The highest BCUT2D eigenvalue weighted by Gasteiger charge is 2.45.